The van der Waals surface area contributed by atoms with Crippen molar-refractivity contribution in [1.82, 2.24) is 0 Å². The highest BCUT2D eigenvalue weighted by atomic mass is 32.2. The Kier molecular flexibility index (Phi) is 3.97. The molecule has 122 valence electrons. The number of anilines is 1. The van der Waals surface area contributed by atoms with Crippen LogP contribution in [0.4, 0.5) is 5.69 Å². The molecule has 0 fully saturated rings. The highest BCUT2D eigenvalue weighted by Crippen LogP contribution is 2.51. The van der Waals surface area contributed by atoms with Crippen LogP contribution < -0.4 is 5.32 Å². The Morgan fingerprint density at radius 1 is 1.08 bits per heavy atom. The fraction of sp³-hybridized carbons (Fsp3) is 0.286. The number of ketones is 1. The lowest BCUT2D eigenvalue weighted by molar-refractivity contribution is -0.122. The molecule has 0 spiro atoms. The van der Waals surface area contributed by atoms with E-state index in [1.165, 1.54) is 16.0 Å². The molecule has 0 bridgehead atoms. The van der Waals surface area contributed by atoms with Gasteiger partial charge in [-0.15, -0.1) is 11.8 Å². The number of rotatable bonds is 1. The first-order chi connectivity index (χ1) is 11.6. The minimum absolute atomic E-state index is 0.0960. The second kappa shape index (κ2) is 6.14. The van der Waals surface area contributed by atoms with Gasteiger partial charge >= 0.3 is 0 Å². The fourth-order valence-electron chi connectivity index (χ4n) is 3.59. The van der Waals surface area contributed by atoms with Gasteiger partial charge in [0, 0.05) is 22.3 Å². The average Bonchev–Trinajstić information content (AvgIpc) is 2.72. The van der Waals surface area contributed by atoms with Crippen molar-refractivity contribution in [2.75, 3.05) is 5.32 Å². The molecule has 4 rings (SSSR count). The molecule has 2 nitrogen and oxygen atoms in total. The molecule has 24 heavy (non-hydrogen) atoms. The zero-order valence-corrected chi connectivity index (χ0v) is 14.8. The van der Waals surface area contributed by atoms with E-state index in [4.69, 9.17) is 0 Å². The molecule has 0 amide bonds. The van der Waals surface area contributed by atoms with Gasteiger partial charge in [-0.3, -0.25) is 4.79 Å². The Bertz CT molecular complexity index is 809. The van der Waals surface area contributed by atoms with Crippen LogP contribution in [0.1, 0.15) is 29.7 Å². The van der Waals surface area contributed by atoms with Crippen molar-refractivity contribution in [1.29, 1.82) is 0 Å². The van der Waals surface area contributed by atoms with Gasteiger partial charge in [-0.2, -0.15) is 0 Å². The Balaban J connectivity index is 1.85. The minimum Gasteiger partial charge on any atom is -0.358 e. The number of hydrogen-bond acceptors (Lipinski definition) is 3. The number of fused-ring (bicyclic) bond motifs is 2. The van der Waals surface area contributed by atoms with Crippen molar-refractivity contribution < 1.29 is 4.79 Å². The number of carbonyl (C=O) groups excluding carboxylic acids is 1. The number of allylic oxidation sites excluding steroid dienone is 2. The largest absolute Gasteiger partial charge is 0.358 e. The van der Waals surface area contributed by atoms with Gasteiger partial charge in [-0.1, -0.05) is 55.0 Å². The Labute approximate surface area is 147 Å². The van der Waals surface area contributed by atoms with E-state index in [9.17, 15) is 4.79 Å². The van der Waals surface area contributed by atoms with Crippen LogP contribution in [0.5, 0.6) is 0 Å². The van der Waals surface area contributed by atoms with Crippen molar-refractivity contribution in [2.45, 2.75) is 30.4 Å². The standard InChI is InChI=1S/C21H21NOS/c1-13-7-9-15(10-8-13)21-20-17(11-14(2)12-18(20)23)22-16-5-3-4-6-19(16)24-21/h3-11,14,20-22H,12H2,1-2H3/t14-,20-,21-/m1/s1. The highest BCUT2D eigenvalue weighted by molar-refractivity contribution is 7.99. The van der Waals surface area contributed by atoms with Crippen molar-refractivity contribution in [3.05, 3.63) is 71.4 Å². The van der Waals surface area contributed by atoms with E-state index in [1.54, 1.807) is 11.8 Å². The lowest BCUT2D eigenvalue weighted by atomic mass is 9.81. The molecule has 0 saturated heterocycles. The van der Waals surface area contributed by atoms with E-state index in [-0.39, 0.29) is 11.2 Å². The molecule has 1 heterocycles. The topological polar surface area (TPSA) is 29.1 Å². The van der Waals surface area contributed by atoms with Crippen LogP contribution in [0.3, 0.4) is 0 Å². The van der Waals surface area contributed by atoms with E-state index in [1.807, 2.05) is 6.07 Å². The number of hydrogen-bond donors (Lipinski definition) is 1. The SMILES string of the molecule is Cc1ccc([C@H]2Sc3ccccc3NC3=C[C@@H](C)CC(=O)[C@@H]32)cc1. The summed E-state index contributed by atoms with van der Waals surface area (Å²) in [5, 5.41) is 3.67. The van der Waals surface area contributed by atoms with Gasteiger partial charge in [0.2, 0.25) is 0 Å². The third-order valence-electron chi connectivity index (χ3n) is 4.80. The lowest BCUT2D eigenvalue weighted by Gasteiger charge is -2.30. The summed E-state index contributed by atoms with van der Waals surface area (Å²) < 4.78 is 0. The highest BCUT2D eigenvalue weighted by Gasteiger charge is 2.39. The normalized spacial score (nSPS) is 25.8. The summed E-state index contributed by atoms with van der Waals surface area (Å²) in [5.41, 5.74) is 4.65. The number of para-hydroxylation sites is 1. The van der Waals surface area contributed by atoms with Crippen molar-refractivity contribution in [3.8, 4) is 0 Å². The van der Waals surface area contributed by atoms with Crippen LogP contribution >= 0.6 is 11.8 Å². The van der Waals surface area contributed by atoms with E-state index in [0.717, 1.165) is 11.4 Å². The first-order valence-electron chi connectivity index (χ1n) is 8.45. The third-order valence-corrected chi connectivity index (χ3v) is 6.21. The van der Waals surface area contributed by atoms with Gasteiger partial charge in [-0.25, -0.2) is 0 Å². The maximum atomic E-state index is 12.9. The molecule has 2 aliphatic rings. The van der Waals surface area contributed by atoms with Crippen LogP contribution in [-0.4, -0.2) is 5.78 Å². The first kappa shape index (κ1) is 15.5. The monoisotopic (exact) mass is 335 g/mol. The second-order valence-electron chi connectivity index (χ2n) is 6.82. The number of carbonyl (C=O) groups is 1. The predicted octanol–water partition coefficient (Wildman–Crippen LogP) is 5.36. The summed E-state index contributed by atoms with van der Waals surface area (Å²) in [6.07, 6.45) is 2.88. The molecule has 3 heteroatoms. The average molecular weight is 335 g/mol. The molecule has 0 radical (unpaired) electrons. The molecule has 1 aliphatic heterocycles. The van der Waals surface area contributed by atoms with Gasteiger partial charge in [0.25, 0.3) is 0 Å². The summed E-state index contributed by atoms with van der Waals surface area (Å²) in [4.78, 5) is 14.1. The Morgan fingerprint density at radius 3 is 2.62 bits per heavy atom. The predicted molar refractivity (Wildman–Crippen MR) is 100 cm³/mol. The molecule has 1 aliphatic carbocycles. The molecular formula is C21H21NOS. The summed E-state index contributed by atoms with van der Waals surface area (Å²) in [6, 6.07) is 17.0. The first-order valence-corrected chi connectivity index (χ1v) is 9.33. The zero-order chi connectivity index (χ0) is 16.7. The van der Waals surface area contributed by atoms with E-state index < -0.39 is 0 Å². The number of thioether (sulfide) groups is 1. The Morgan fingerprint density at radius 2 is 1.83 bits per heavy atom. The van der Waals surface area contributed by atoms with Crippen molar-refractivity contribution in [3.63, 3.8) is 0 Å². The number of Topliss-reactive ketones (excluding diaryl/α,β-unsaturated/α-hetero) is 1. The zero-order valence-electron chi connectivity index (χ0n) is 14.0. The Hall–Kier alpha value is -2.00. The van der Waals surface area contributed by atoms with E-state index in [2.05, 4.69) is 67.7 Å². The quantitative estimate of drug-likeness (QED) is 0.760. The number of aryl methyl sites for hydroxylation is 1. The van der Waals surface area contributed by atoms with Gasteiger partial charge in [0.15, 0.2) is 0 Å². The van der Waals surface area contributed by atoms with Crippen LogP contribution in [0.25, 0.3) is 0 Å². The van der Waals surface area contributed by atoms with Crippen molar-refractivity contribution >= 4 is 23.2 Å². The van der Waals surface area contributed by atoms with Gasteiger partial charge in [0.1, 0.15) is 5.78 Å². The summed E-state index contributed by atoms with van der Waals surface area (Å²) in [5.74, 6) is 0.546. The van der Waals surface area contributed by atoms with E-state index in [0.29, 0.717) is 18.1 Å². The minimum atomic E-state index is -0.0960. The van der Waals surface area contributed by atoms with Crippen LogP contribution in [0.2, 0.25) is 0 Å². The molecule has 0 saturated carbocycles. The molecule has 2 aromatic carbocycles. The molecular weight excluding hydrogens is 314 g/mol. The fourth-order valence-corrected chi connectivity index (χ4v) is 4.99. The van der Waals surface area contributed by atoms with Gasteiger partial charge < -0.3 is 5.32 Å². The summed E-state index contributed by atoms with van der Waals surface area (Å²) in [6.45, 7) is 4.22. The third kappa shape index (κ3) is 2.78. The lowest BCUT2D eigenvalue weighted by Crippen LogP contribution is -2.30. The van der Waals surface area contributed by atoms with Crippen LogP contribution in [0, 0.1) is 18.8 Å². The molecule has 0 aromatic heterocycles. The second-order valence-corrected chi connectivity index (χ2v) is 8.00. The molecule has 1 N–H and O–H groups in total. The molecule has 0 unspecified atom stereocenters. The summed E-state index contributed by atoms with van der Waals surface area (Å²) in [7, 11) is 0. The molecule has 2 aromatic rings. The maximum Gasteiger partial charge on any atom is 0.143 e. The smallest absolute Gasteiger partial charge is 0.143 e. The van der Waals surface area contributed by atoms with E-state index >= 15 is 0 Å². The molecule has 3 atom stereocenters. The number of nitrogens with one attached hydrogen (secondary N) is 1. The number of benzene rings is 2. The van der Waals surface area contributed by atoms with Gasteiger partial charge in [0.05, 0.1) is 11.6 Å². The van der Waals surface area contributed by atoms with Gasteiger partial charge in [-0.05, 0) is 30.5 Å². The van der Waals surface area contributed by atoms with Crippen molar-refractivity contribution in [2.24, 2.45) is 11.8 Å². The van der Waals surface area contributed by atoms with Crippen LogP contribution in [0.15, 0.2) is 65.2 Å². The maximum absolute atomic E-state index is 12.9. The van der Waals surface area contributed by atoms with Crippen LogP contribution in [-0.2, 0) is 4.79 Å². The summed E-state index contributed by atoms with van der Waals surface area (Å²) >= 11 is 1.80.